The van der Waals surface area contributed by atoms with E-state index in [-0.39, 0.29) is 0 Å². The molecule has 0 radical (unpaired) electrons. The Morgan fingerprint density at radius 2 is 1.49 bits per heavy atom. The molecule has 0 fully saturated rings. The zero-order valence-electron chi connectivity index (χ0n) is 20.8. The number of imidazole rings is 1. The molecule has 0 spiro atoms. The maximum atomic E-state index is 5.35. The molecule has 6 heteroatoms. The van der Waals surface area contributed by atoms with Crippen LogP contribution in [0.2, 0.25) is 0 Å². The number of hydrogen-bond acceptors (Lipinski definition) is 4. The van der Waals surface area contributed by atoms with Crippen molar-refractivity contribution in [1.82, 2.24) is 24.1 Å². The zero-order valence-corrected chi connectivity index (χ0v) is 21.6. The quantitative estimate of drug-likeness (QED) is 0.235. The molecule has 39 heavy (non-hydrogen) atoms. The first kappa shape index (κ1) is 22.0. The molecular weight excluding hydrogens is 498 g/mol. The number of aromatic nitrogens is 5. The van der Waals surface area contributed by atoms with Gasteiger partial charge in [0.15, 0.2) is 0 Å². The molecule has 0 amide bonds. The number of pyridine rings is 2. The average Bonchev–Trinajstić information content (AvgIpc) is 3.74. The van der Waals surface area contributed by atoms with Crippen molar-refractivity contribution < 1.29 is 0 Å². The molecule has 8 aromatic rings. The number of nitrogens with zero attached hydrogens (tertiary/aromatic N) is 5. The number of hydrogen-bond donors (Lipinski definition) is 0. The van der Waals surface area contributed by atoms with E-state index in [1.54, 1.807) is 11.3 Å². The monoisotopic (exact) mass is 519 g/mol. The molecule has 0 aliphatic rings. The van der Waals surface area contributed by atoms with E-state index >= 15 is 0 Å². The van der Waals surface area contributed by atoms with E-state index in [1.807, 2.05) is 48.9 Å². The van der Waals surface area contributed by atoms with Crippen LogP contribution in [0.1, 0.15) is 0 Å². The van der Waals surface area contributed by atoms with Gasteiger partial charge in [-0.15, -0.1) is 11.3 Å². The van der Waals surface area contributed by atoms with Gasteiger partial charge in [0.25, 0.3) is 0 Å². The minimum atomic E-state index is 0.829. The van der Waals surface area contributed by atoms with Crippen molar-refractivity contribution in [3.05, 3.63) is 127 Å². The third-order valence-electron chi connectivity index (χ3n) is 7.18. The predicted octanol–water partition coefficient (Wildman–Crippen LogP) is 8.31. The van der Waals surface area contributed by atoms with Crippen LogP contribution in [0.25, 0.3) is 66.2 Å². The standard InChI is InChI=1S/C33H21N5S/c1-2-9-23(10-3-1)37-26-12-5-4-11-24(26)30-31-27(21-25(32(30)37)28-13-8-20-39-28)38(29-14-6-7-17-35-29)33(36-31)22-15-18-34-19-16-22/h1-21H. The largest absolute Gasteiger partial charge is 0.309 e. The third kappa shape index (κ3) is 3.35. The Labute approximate surface area is 228 Å². The van der Waals surface area contributed by atoms with Gasteiger partial charge in [-0.3, -0.25) is 9.55 Å². The SMILES string of the molecule is c1ccc(-n2c3ccccc3c3c4nc(-c5ccncc5)n(-c5ccccn5)c4cc(-c4cccs4)c32)cc1. The van der Waals surface area contributed by atoms with E-state index in [9.17, 15) is 0 Å². The molecule has 0 unspecified atom stereocenters. The number of thiophene rings is 1. The molecular formula is C33H21N5S. The van der Waals surface area contributed by atoms with Crippen LogP contribution >= 0.6 is 11.3 Å². The van der Waals surface area contributed by atoms with E-state index in [0.717, 1.165) is 50.3 Å². The van der Waals surface area contributed by atoms with Gasteiger partial charge in [-0.05, 0) is 60.0 Å². The maximum absolute atomic E-state index is 5.35. The van der Waals surface area contributed by atoms with Crippen LogP contribution in [-0.4, -0.2) is 24.1 Å². The predicted molar refractivity (Wildman–Crippen MR) is 160 cm³/mol. The fourth-order valence-electron chi connectivity index (χ4n) is 5.57. The van der Waals surface area contributed by atoms with E-state index in [0.29, 0.717) is 0 Å². The Morgan fingerprint density at radius 1 is 0.667 bits per heavy atom. The summed E-state index contributed by atoms with van der Waals surface area (Å²) in [6, 6.07) is 35.8. The Balaban J connectivity index is 1.63. The Bertz CT molecular complexity index is 2090. The summed E-state index contributed by atoms with van der Waals surface area (Å²) in [6.45, 7) is 0. The molecule has 0 N–H and O–H groups in total. The molecule has 184 valence electrons. The average molecular weight is 520 g/mol. The number of rotatable bonds is 4. The van der Waals surface area contributed by atoms with E-state index in [1.165, 1.54) is 15.8 Å². The minimum absolute atomic E-state index is 0.829. The molecule has 5 aromatic heterocycles. The van der Waals surface area contributed by atoms with E-state index < -0.39 is 0 Å². The molecule has 5 nitrogen and oxygen atoms in total. The summed E-state index contributed by atoms with van der Waals surface area (Å²) >= 11 is 1.75. The summed E-state index contributed by atoms with van der Waals surface area (Å²) in [5, 5.41) is 4.45. The second-order valence-corrected chi connectivity index (χ2v) is 10.3. The fraction of sp³-hybridized carbons (Fsp3) is 0. The zero-order chi connectivity index (χ0) is 25.8. The van der Waals surface area contributed by atoms with Crippen LogP contribution in [-0.2, 0) is 0 Å². The lowest BCUT2D eigenvalue weighted by molar-refractivity contribution is 1.03. The molecule has 0 saturated carbocycles. The summed E-state index contributed by atoms with van der Waals surface area (Å²) in [7, 11) is 0. The number of benzene rings is 3. The topological polar surface area (TPSA) is 48.5 Å². The minimum Gasteiger partial charge on any atom is -0.309 e. The highest BCUT2D eigenvalue weighted by atomic mass is 32.1. The van der Waals surface area contributed by atoms with Gasteiger partial charge in [0.1, 0.15) is 11.6 Å². The number of para-hydroxylation sites is 2. The van der Waals surface area contributed by atoms with Gasteiger partial charge < -0.3 is 4.57 Å². The molecule has 0 atom stereocenters. The van der Waals surface area contributed by atoms with Crippen molar-refractivity contribution >= 4 is 44.2 Å². The van der Waals surface area contributed by atoms with Gasteiger partial charge in [-0.25, -0.2) is 9.97 Å². The van der Waals surface area contributed by atoms with Crippen molar-refractivity contribution in [2.24, 2.45) is 0 Å². The lowest BCUT2D eigenvalue weighted by Crippen LogP contribution is -2.00. The van der Waals surface area contributed by atoms with Crippen molar-refractivity contribution in [2.45, 2.75) is 0 Å². The normalized spacial score (nSPS) is 11.6. The van der Waals surface area contributed by atoms with Crippen LogP contribution in [0.15, 0.2) is 127 Å². The fourth-order valence-corrected chi connectivity index (χ4v) is 6.31. The van der Waals surface area contributed by atoms with Gasteiger partial charge in [0.05, 0.1) is 22.1 Å². The molecule has 8 rings (SSSR count). The summed E-state index contributed by atoms with van der Waals surface area (Å²) in [6.07, 6.45) is 5.45. The van der Waals surface area contributed by atoms with E-state index in [2.05, 4.69) is 92.3 Å². The van der Waals surface area contributed by atoms with Crippen LogP contribution in [0, 0.1) is 0 Å². The highest BCUT2D eigenvalue weighted by molar-refractivity contribution is 7.13. The van der Waals surface area contributed by atoms with Gasteiger partial charge in [-0.2, -0.15) is 0 Å². The van der Waals surface area contributed by atoms with Gasteiger partial charge in [0.2, 0.25) is 0 Å². The van der Waals surface area contributed by atoms with Crippen molar-refractivity contribution in [3.63, 3.8) is 0 Å². The lowest BCUT2D eigenvalue weighted by atomic mass is 10.1. The highest BCUT2D eigenvalue weighted by Gasteiger charge is 2.25. The maximum Gasteiger partial charge on any atom is 0.147 e. The van der Waals surface area contributed by atoms with Crippen molar-refractivity contribution in [2.75, 3.05) is 0 Å². The highest BCUT2D eigenvalue weighted by Crippen LogP contribution is 2.44. The Morgan fingerprint density at radius 3 is 2.28 bits per heavy atom. The molecule has 0 aliphatic heterocycles. The first-order chi connectivity index (χ1) is 19.4. The molecule has 0 aliphatic carbocycles. The summed E-state index contributed by atoms with van der Waals surface area (Å²) < 4.78 is 4.56. The third-order valence-corrected chi connectivity index (χ3v) is 8.08. The lowest BCUT2D eigenvalue weighted by Gasteiger charge is -2.12. The summed E-state index contributed by atoms with van der Waals surface area (Å²) in [4.78, 5) is 15.6. The molecule has 5 heterocycles. The number of fused-ring (bicyclic) bond motifs is 5. The summed E-state index contributed by atoms with van der Waals surface area (Å²) in [5.41, 5.74) is 7.57. The second-order valence-electron chi connectivity index (χ2n) is 9.38. The van der Waals surface area contributed by atoms with Gasteiger partial charge >= 0.3 is 0 Å². The van der Waals surface area contributed by atoms with Crippen molar-refractivity contribution in [1.29, 1.82) is 0 Å². The van der Waals surface area contributed by atoms with Crippen molar-refractivity contribution in [3.8, 4) is 33.3 Å². The molecule has 0 bridgehead atoms. The first-order valence-corrected chi connectivity index (χ1v) is 13.7. The van der Waals surface area contributed by atoms with Crippen LogP contribution < -0.4 is 0 Å². The first-order valence-electron chi connectivity index (χ1n) is 12.8. The van der Waals surface area contributed by atoms with Gasteiger partial charge in [-0.1, -0.05) is 48.5 Å². The Hall–Kier alpha value is -5.07. The van der Waals surface area contributed by atoms with Gasteiger partial charge in [0, 0.05) is 51.1 Å². The van der Waals surface area contributed by atoms with Crippen LogP contribution in [0.4, 0.5) is 0 Å². The Kier molecular flexibility index (Phi) is 4.93. The van der Waals surface area contributed by atoms with Crippen LogP contribution in [0.5, 0.6) is 0 Å². The second kappa shape index (κ2) is 8.75. The molecule has 3 aromatic carbocycles. The summed E-state index contributed by atoms with van der Waals surface area (Å²) in [5.74, 6) is 1.67. The van der Waals surface area contributed by atoms with E-state index in [4.69, 9.17) is 9.97 Å². The smallest absolute Gasteiger partial charge is 0.147 e. The van der Waals surface area contributed by atoms with Crippen LogP contribution in [0.3, 0.4) is 0 Å². The molecule has 0 saturated heterocycles.